The molecule has 1 amide bonds. The fourth-order valence-electron chi connectivity index (χ4n) is 2.14. The first-order valence-electron chi connectivity index (χ1n) is 6.97. The largest absolute Gasteiger partial charge is 0.352 e. The second-order valence-corrected chi connectivity index (χ2v) is 5.96. The van der Waals surface area contributed by atoms with Crippen molar-refractivity contribution in [1.82, 2.24) is 5.32 Å². The third-order valence-electron chi connectivity index (χ3n) is 3.24. The van der Waals surface area contributed by atoms with E-state index in [1.54, 1.807) is 11.8 Å². The van der Waals surface area contributed by atoms with Gasteiger partial charge in [-0.2, -0.15) is 0 Å². The van der Waals surface area contributed by atoms with Crippen molar-refractivity contribution in [1.29, 1.82) is 0 Å². The molecular weight excluding hydrogens is 254 g/mol. The van der Waals surface area contributed by atoms with E-state index >= 15 is 0 Å². The molecule has 0 unspecified atom stereocenters. The molecule has 0 aromatic heterocycles. The highest BCUT2D eigenvalue weighted by molar-refractivity contribution is 7.99. The van der Waals surface area contributed by atoms with Crippen LogP contribution in [0.5, 0.6) is 0 Å². The van der Waals surface area contributed by atoms with Gasteiger partial charge >= 0.3 is 0 Å². The molecule has 102 valence electrons. The van der Waals surface area contributed by atoms with Gasteiger partial charge in [-0.3, -0.25) is 4.79 Å². The summed E-state index contributed by atoms with van der Waals surface area (Å²) in [6.07, 6.45) is 7.76. The minimum atomic E-state index is 0.162. The van der Waals surface area contributed by atoms with Crippen LogP contribution in [0.4, 0.5) is 0 Å². The van der Waals surface area contributed by atoms with Crippen LogP contribution < -0.4 is 5.32 Å². The number of carbonyl (C=O) groups is 1. The van der Waals surface area contributed by atoms with Gasteiger partial charge < -0.3 is 5.32 Å². The molecule has 2 nitrogen and oxygen atoms in total. The van der Waals surface area contributed by atoms with E-state index < -0.39 is 0 Å². The third kappa shape index (κ3) is 5.52. The number of thioether (sulfide) groups is 1. The van der Waals surface area contributed by atoms with Crippen LogP contribution >= 0.6 is 11.8 Å². The van der Waals surface area contributed by atoms with Crippen molar-refractivity contribution >= 4 is 17.7 Å². The van der Waals surface area contributed by atoms with Gasteiger partial charge in [0.2, 0.25) is 5.91 Å². The highest BCUT2D eigenvalue weighted by Gasteiger charge is 2.06. The summed E-state index contributed by atoms with van der Waals surface area (Å²) in [4.78, 5) is 13.0. The molecule has 0 saturated heterocycles. The standard InChI is InChI=1S/C16H21NOS/c18-16(17-13-14-7-3-1-4-8-14)11-12-19-15-9-5-2-6-10-15/h2,5-7,9-10H,1,3-4,8,11-13H2,(H,17,18). The lowest BCUT2D eigenvalue weighted by molar-refractivity contribution is -0.120. The Morgan fingerprint density at radius 2 is 2.05 bits per heavy atom. The van der Waals surface area contributed by atoms with Crippen LogP contribution in [-0.4, -0.2) is 18.2 Å². The van der Waals surface area contributed by atoms with Crippen molar-refractivity contribution in [2.45, 2.75) is 37.0 Å². The number of rotatable bonds is 6. The van der Waals surface area contributed by atoms with Crippen molar-refractivity contribution in [2.24, 2.45) is 0 Å². The molecule has 0 heterocycles. The minimum absolute atomic E-state index is 0.162. The van der Waals surface area contributed by atoms with Crippen LogP contribution in [-0.2, 0) is 4.79 Å². The van der Waals surface area contributed by atoms with Crippen LogP contribution in [0.15, 0.2) is 46.9 Å². The molecule has 0 radical (unpaired) electrons. The van der Waals surface area contributed by atoms with Crippen LogP contribution in [0.3, 0.4) is 0 Å². The van der Waals surface area contributed by atoms with Gasteiger partial charge in [-0.25, -0.2) is 0 Å². The van der Waals surface area contributed by atoms with E-state index in [0.717, 1.165) is 18.7 Å². The van der Waals surface area contributed by atoms with E-state index in [1.807, 2.05) is 18.2 Å². The Hall–Kier alpha value is -1.22. The van der Waals surface area contributed by atoms with Gasteiger partial charge in [0.25, 0.3) is 0 Å². The number of nitrogens with one attached hydrogen (secondary N) is 1. The Balaban J connectivity index is 1.61. The van der Waals surface area contributed by atoms with Crippen LogP contribution in [0.2, 0.25) is 0 Å². The maximum atomic E-state index is 11.7. The Labute approximate surface area is 119 Å². The van der Waals surface area contributed by atoms with Gasteiger partial charge in [0, 0.05) is 23.6 Å². The van der Waals surface area contributed by atoms with Gasteiger partial charge in [-0.15, -0.1) is 11.8 Å². The monoisotopic (exact) mass is 275 g/mol. The van der Waals surface area contributed by atoms with Crippen molar-refractivity contribution < 1.29 is 4.79 Å². The van der Waals surface area contributed by atoms with Gasteiger partial charge in [-0.05, 0) is 37.8 Å². The molecule has 0 atom stereocenters. The summed E-state index contributed by atoms with van der Waals surface area (Å²) in [5.74, 6) is 1.00. The number of benzene rings is 1. The smallest absolute Gasteiger partial charge is 0.221 e. The Morgan fingerprint density at radius 1 is 1.21 bits per heavy atom. The maximum absolute atomic E-state index is 11.7. The summed E-state index contributed by atoms with van der Waals surface area (Å²) >= 11 is 1.73. The lowest BCUT2D eigenvalue weighted by atomic mass is 10.00. The molecule has 1 aromatic rings. The first-order chi connectivity index (χ1) is 9.34. The van der Waals surface area contributed by atoms with Crippen molar-refractivity contribution in [2.75, 3.05) is 12.3 Å². The normalized spacial score (nSPS) is 14.8. The van der Waals surface area contributed by atoms with E-state index in [-0.39, 0.29) is 5.91 Å². The highest BCUT2D eigenvalue weighted by Crippen LogP contribution is 2.18. The molecule has 1 N–H and O–H groups in total. The number of hydrogen-bond donors (Lipinski definition) is 1. The first-order valence-corrected chi connectivity index (χ1v) is 7.95. The highest BCUT2D eigenvalue weighted by atomic mass is 32.2. The van der Waals surface area contributed by atoms with E-state index in [0.29, 0.717) is 6.42 Å². The first kappa shape index (κ1) is 14.2. The van der Waals surface area contributed by atoms with Crippen LogP contribution in [0, 0.1) is 0 Å². The third-order valence-corrected chi connectivity index (χ3v) is 4.25. The zero-order valence-electron chi connectivity index (χ0n) is 11.2. The molecule has 0 bridgehead atoms. The molecule has 19 heavy (non-hydrogen) atoms. The topological polar surface area (TPSA) is 29.1 Å². The van der Waals surface area contributed by atoms with Gasteiger partial charge in [0.05, 0.1) is 0 Å². The molecule has 0 saturated carbocycles. The summed E-state index contributed by atoms with van der Waals surface area (Å²) in [5.41, 5.74) is 1.40. The van der Waals surface area contributed by atoms with Crippen molar-refractivity contribution in [3.8, 4) is 0 Å². The zero-order valence-corrected chi connectivity index (χ0v) is 12.0. The SMILES string of the molecule is O=C(CCSc1ccccc1)NCC1=CCCCC1. The maximum Gasteiger partial charge on any atom is 0.221 e. The molecular formula is C16H21NOS. The molecule has 0 spiro atoms. The summed E-state index contributed by atoms with van der Waals surface area (Å²) in [7, 11) is 0. The summed E-state index contributed by atoms with van der Waals surface area (Å²) in [5, 5.41) is 3.02. The van der Waals surface area contributed by atoms with E-state index in [4.69, 9.17) is 0 Å². The van der Waals surface area contributed by atoms with E-state index in [2.05, 4.69) is 23.5 Å². The quantitative estimate of drug-likeness (QED) is 0.632. The Morgan fingerprint density at radius 3 is 2.79 bits per heavy atom. The Bertz CT molecular complexity index is 428. The molecule has 2 rings (SSSR count). The molecule has 1 aliphatic carbocycles. The average molecular weight is 275 g/mol. The van der Waals surface area contributed by atoms with Crippen LogP contribution in [0.1, 0.15) is 32.1 Å². The van der Waals surface area contributed by atoms with Crippen LogP contribution in [0.25, 0.3) is 0 Å². The summed E-state index contributed by atoms with van der Waals surface area (Å²) in [6, 6.07) is 10.2. The molecule has 3 heteroatoms. The Kier molecular flexibility index (Phi) is 6.02. The average Bonchev–Trinajstić information content (AvgIpc) is 2.47. The molecule has 1 aliphatic rings. The van der Waals surface area contributed by atoms with Gasteiger partial charge in [-0.1, -0.05) is 29.8 Å². The number of hydrogen-bond acceptors (Lipinski definition) is 2. The fraction of sp³-hybridized carbons (Fsp3) is 0.438. The number of allylic oxidation sites excluding steroid dienone is 1. The molecule has 1 aromatic carbocycles. The lowest BCUT2D eigenvalue weighted by Crippen LogP contribution is -2.26. The van der Waals surface area contributed by atoms with Crippen molar-refractivity contribution in [3.05, 3.63) is 42.0 Å². The minimum Gasteiger partial charge on any atom is -0.352 e. The zero-order chi connectivity index (χ0) is 13.3. The fourth-order valence-corrected chi connectivity index (χ4v) is 3.02. The summed E-state index contributed by atoms with van der Waals surface area (Å²) < 4.78 is 0. The number of carbonyl (C=O) groups excluding carboxylic acids is 1. The van der Waals surface area contributed by atoms with Crippen molar-refractivity contribution in [3.63, 3.8) is 0 Å². The molecule has 0 fully saturated rings. The second kappa shape index (κ2) is 8.05. The lowest BCUT2D eigenvalue weighted by Gasteiger charge is -2.13. The second-order valence-electron chi connectivity index (χ2n) is 4.80. The predicted molar refractivity (Wildman–Crippen MR) is 81.3 cm³/mol. The van der Waals surface area contributed by atoms with Gasteiger partial charge in [0.15, 0.2) is 0 Å². The van der Waals surface area contributed by atoms with E-state index in [1.165, 1.54) is 29.7 Å². The van der Waals surface area contributed by atoms with Gasteiger partial charge in [0.1, 0.15) is 0 Å². The summed E-state index contributed by atoms with van der Waals surface area (Å²) in [6.45, 7) is 0.745. The van der Waals surface area contributed by atoms with E-state index in [9.17, 15) is 4.79 Å². The number of amides is 1. The predicted octanol–water partition coefficient (Wildman–Crippen LogP) is 3.79. The molecule has 0 aliphatic heterocycles.